The van der Waals surface area contributed by atoms with Crippen LogP contribution in [0.25, 0.3) is 22.4 Å². The molecule has 0 aliphatic heterocycles. The van der Waals surface area contributed by atoms with Crippen molar-refractivity contribution in [2.24, 2.45) is 0 Å². The number of rotatable bonds is 5. The van der Waals surface area contributed by atoms with E-state index in [0.717, 1.165) is 17.8 Å². The first-order chi connectivity index (χ1) is 14.0. The summed E-state index contributed by atoms with van der Waals surface area (Å²) >= 11 is 0. The van der Waals surface area contributed by atoms with Crippen LogP contribution >= 0.6 is 0 Å². The average Bonchev–Trinajstić information content (AvgIpc) is 2.99. The van der Waals surface area contributed by atoms with E-state index >= 15 is 0 Å². The van der Waals surface area contributed by atoms with E-state index in [0.29, 0.717) is 41.5 Å². The minimum atomic E-state index is -4.71. The van der Waals surface area contributed by atoms with Gasteiger partial charge >= 0.3 is 6.18 Å². The topological polar surface area (TPSA) is 101 Å². The molecular weight excluding hydrogens is 419 g/mol. The summed E-state index contributed by atoms with van der Waals surface area (Å²) in [6.07, 6.45) is -2.07. The van der Waals surface area contributed by atoms with Gasteiger partial charge in [-0.05, 0) is 44.5 Å². The van der Waals surface area contributed by atoms with Gasteiger partial charge in [-0.15, -0.1) is 0 Å². The maximum absolute atomic E-state index is 12.7. The van der Waals surface area contributed by atoms with Crippen LogP contribution in [0.15, 0.2) is 35.5 Å². The first-order valence-electron chi connectivity index (χ1n) is 8.94. The van der Waals surface area contributed by atoms with E-state index < -0.39 is 27.1 Å². The maximum Gasteiger partial charge on any atom is 0.404 e. The molecular formula is C19H18F3N5O2S. The van der Waals surface area contributed by atoms with Gasteiger partial charge in [0.25, 0.3) is 0 Å². The lowest BCUT2D eigenvalue weighted by Crippen LogP contribution is -2.42. The molecule has 7 nitrogen and oxygen atoms in total. The summed E-state index contributed by atoms with van der Waals surface area (Å²) in [7, 11) is -4.42. The van der Waals surface area contributed by atoms with Gasteiger partial charge in [0.1, 0.15) is 22.7 Å². The summed E-state index contributed by atoms with van der Waals surface area (Å²) in [6.45, 7) is 4.92. The molecule has 0 saturated heterocycles. The molecule has 0 aliphatic carbocycles. The molecule has 1 N–H and O–H groups in total. The van der Waals surface area contributed by atoms with Crippen LogP contribution in [0.4, 0.5) is 13.2 Å². The zero-order valence-electron chi connectivity index (χ0n) is 16.3. The van der Waals surface area contributed by atoms with Crippen LogP contribution in [0.3, 0.4) is 0 Å². The number of nitrogens with zero attached hydrogens (tertiary/aromatic N) is 4. The standard InChI is InChI=1S/C19H18F3N5O2S/c1-4-27-17(15(8-23)14-7-11(2)9-25-18(14)27)16-6-5-13(10-24-16)30(28,29)26-12(3)19(20,21)22/h5-7,9-10,12,26H,4H2,1-3H3/t12-/m0/s1. The van der Waals surface area contributed by atoms with Gasteiger partial charge < -0.3 is 4.57 Å². The number of aryl methyl sites for hydroxylation is 2. The van der Waals surface area contributed by atoms with Gasteiger partial charge in [-0.1, -0.05) is 0 Å². The van der Waals surface area contributed by atoms with Crippen molar-refractivity contribution >= 4 is 21.1 Å². The Balaban J connectivity index is 2.07. The summed E-state index contributed by atoms with van der Waals surface area (Å²) in [6, 6.07) is 4.26. The first-order valence-corrected chi connectivity index (χ1v) is 10.4. The van der Waals surface area contributed by atoms with Crippen LogP contribution < -0.4 is 4.72 Å². The Morgan fingerprint density at radius 1 is 1.27 bits per heavy atom. The number of hydrogen-bond acceptors (Lipinski definition) is 5. The highest BCUT2D eigenvalue weighted by molar-refractivity contribution is 7.89. The van der Waals surface area contributed by atoms with Gasteiger partial charge in [0.05, 0.1) is 17.0 Å². The monoisotopic (exact) mass is 437 g/mol. The van der Waals surface area contributed by atoms with Crippen molar-refractivity contribution in [1.29, 1.82) is 5.26 Å². The number of sulfonamides is 1. The normalized spacial score (nSPS) is 13.4. The van der Waals surface area contributed by atoms with Gasteiger partial charge in [0.2, 0.25) is 10.0 Å². The molecule has 158 valence electrons. The Morgan fingerprint density at radius 2 is 1.97 bits per heavy atom. The van der Waals surface area contributed by atoms with Gasteiger partial charge in [-0.2, -0.15) is 23.2 Å². The highest BCUT2D eigenvalue weighted by Gasteiger charge is 2.39. The predicted octanol–water partition coefficient (Wildman–Crippen LogP) is 3.53. The van der Waals surface area contributed by atoms with E-state index in [1.807, 2.05) is 19.9 Å². The summed E-state index contributed by atoms with van der Waals surface area (Å²) in [5, 5.41) is 10.4. The van der Waals surface area contributed by atoms with E-state index in [1.165, 1.54) is 6.07 Å². The molecule has 3 aromatic rings. The SMILES string of the molecule is CCn1c(-c2ccc(S(=O)(=O)N[C@@H](C)C(F)(F)F)cn2)c(C#N)c2cc(C)cnc21. The lowest BCUT2D eigenvalue weighted by atomic mass is 10.1. The molecule has 30 heavy (non-hydrogen) atoms. The molecule has 1 atom stereocenters. The fourth-order valence-electron chi connectivity index (χ4n) is 3.06. The molecule has 11 heteroatoms. The van der Waals surface area contributed by atoms with Crippen molar-refractivity contribution in [2.75, 3.05) is 0 Å². The lowest BCUT2D eigenvalue weighted by Gasteiger charge is -2.17. The molecule has 0 saturated carbocycles. The molecule has 3 rings (SSSR count). The molecule has 3 aromatic heterocycles. The highest BCUT2D eigenvalue weighted by Crippen LogP contribution is 2.32. The van der Waals surface area contributed by atoms with E-state index in [-0.39, 0.29) is 0 Å². The number of nitrogens with one attached hydrogen (secondary N) is 1. The summed E-state index contributed by atoms with van der Waals surface area (Å²) < 4.78 is 65.9. The number of hydrogen-bond donors (Lipinski definition) is 1. The summed E-state index contributed by atoms with van der Waals surface area (Å²) in [5.41, 5.74) is 2.59. The Bertz CT molecular complexity index is 1240. The summed E-state index contributed by atoms with van der Waals surface area (Å²) in [4.78, 5) is 8.10. The zero-order valence-corrected chi connectivity index (χ0v) is 17.1. The third-order valence-electron chi connectivity index (χ3n) is 4.58. The fraction of sp³-hybridized carbons (Fsp3) is 0.316. The van der Waals surface area contributed by atoms with Crippen molar-refractivity contribution in [2.45, 2.75) is 44.4 Å². The van der Waals surface area contributed by atoms with Gasteiger partial charge in [-0.25, -0.2) is 13.4 Å². The molecule has 0 fully saturated rings. The fourth-order valence-corrected chi connectivity index (χ4v) is 4.24. The first kappa shape index (κ1) is 21.7. The molecule has 0 spiro atoms. The third kappa shape index (κ3) is 3.88. The minimum absolute atomic E-state index is 0.312. The Labute approximate surface area is 171 Å². The molecule has 0 bridgehead atoms. The largest absolute Gasteiger partial charge is 0.404 e. The van der Waals surface area contributed by atoms with Crippen LogP contribution in [0.2, 0.25) is 0 Å². The molecule has 3 heterocycles. The quantitative estimate of drug-likeness (QED) is 0.658. The summed E-state index contributed by atoms with van der Waals surface area (Å²) in [5.74, 6) is 0. The average molecular weight is 437 g/mol. The zero-order chi connectivity index (χ0) is 22.3. The third-order valence-corrected chi connectivity index (χ3v) is 6.10. The van der Waals surface area contributed by atoms with Crippen molar-refractivity contribution in [3.05, 3.63) is 41.7 Å². The van der Waals surface area contributed by atoms with Crippen molar-refractivity contribution in [3.63, 3.8) is 0 Å². The van der Waals surface area contributed by atoms with E-state index in [2.05, 4.69) is 16.0 Å². The van der Waals surface area contributed by atoms with Crippen LogP contribution in [0.5, 0.6) is 0 Å². The van der Waals surface area contributed by atoms with E-state index in [1.54, 1.807) is 15.5 Å². The molecule has 0 amide bonds. The molecule has 0 aliphatic rings. The second-order valence-electron chi connectivity index (χ2n) is 6.73. The number of halogens is 3. The van der Waals surface area contributed by atoms with Gasteiger partial charge in [-0.3, -0.25) is 4.98 Å². The molecule has 0 aromatic carbocycles. The minimum Gasteiger partial charge on any atom is -0.323 e. The Kier molecular flexibility index (Phi) is 5.58. The molecule has 0 unspecified atom stereocenters. The second kappa shape index (κ2) is 7.70. The number of fused-ring (bicyclic) bond motifs is 1. The smallest absolute Gasteiger partial charge is 0.323 e. The van der Waals surface area contributed by atoms with Crippen LogP contribution in [-0.2, 0) is 16.6 Å². The van der Waals surface area contributed by atoms with Crippen LogP contribution in [-0.4, -0.2) is 35.2 Å². The molecule has 0 radical (unpaired) electrons. The van der Waals surface area contributed by atoms with Crippen molar-refractivity contribution < 1.29 is 21.6 Å². The second-order valence-corrected chi connectivity index (χ2v) is 8.44. The Hall–Kier alpha value is -2.97. The number of aromatic nitrogens is 3. The number of nitriles is 1. The van der Waals surface area contributed by atoms with Crippen molar-refractivity contribution in [1.82, 2.24) is 19.3 Å². The Morgan fingerprint density at radius 3 is 2.50 bits per heavy atom. The van der Waals surface area contributed by atoms with E-state index in [9.17, 15) is 26.9 Å². The lowest BCUT2D eigenvalue weighted by molar-refractivity contribution is -0.147. The van der Waals surface area contributed by atoms with Crippen LogP contribution in [0.1, 0.15) is 25.0 Å². The van der Waals surface area contributed by atoms with Gasteiger partial charge in [0.15, 0.2) is 0 Å². The number of pyridine rings is 2. The maximum atomic E-state index is 12.7. The van der Waals surface area contributed by atoms with Gasteiger partial charge in [0, 0.05) is 24.3 Å². The van der Waals surface area contributed by atoms with E-state index in [4.69, 9.17) is 0 Å². The highest BCUT2D eigenvalue weighted by atomic mass is 32.2. The predicted molar refractivity (Wildman–Crippen MR) is 104 cm³/mol. The van der Waals surface area contributed by atoms with Crippen LogP contribution in [0, 0.1) is 18.3 Å². The van der Waals surface area contributed by atoms with Crippen molar-refractivity contribution in [3.8, 4) is 17.5 Å². The number of alkyl halides is 3.